The van der Waals surface area contributed by atoms with Crippen molar-refractivity contribution in [2.75, 3.05) is 0 Å². The molecule has 0 N–H and O–H groups in total. The largest absolute Gasteiger partial charge is 0.467 e. The van der Waals surface area contributed by atoms with Crippen molar-refractivity contribution in [3.05, 3.63) is 18.5 Å². The van der Waals surface area contributed by atoms with E-state index in [-0.39, 0.29) is 6.10 Å². The average molecular weight is 194 g/mol. The molecule has 0 atom stereocenters. The molecule has 0 saturated heterocycles. The Labute approximate surface area is 80.4 Å². The molecule has 0 unspecified atom stereocenters. The molecule has 2 heterocycles. The van der Waals surface area contributed by atoms with E-state index in [4.69, 9.17) is 4.74 Å². The van der Waals surface area contributed by atoms with E-state index in [1.807, 2.05) is 19.9 Å². The molecular formula is C9H10N2OS. The molecule has 0 amide bonds. The Morgan fingerprint density at radius 1 is 1.46 bits per heavy atom. The van der Waals surface area contributed by atoms with Gasteiger partial charge in [0.1, 0.15) is 0 Å². The van der Waals surface area contributed by atoms with Crippen LogP contribution in [0.1, 0.15) is 13.8 Å². The minimum Gasteiger partial charge on any atom is -0.467 e. The molecule has 2 rings (SSSR count). The van der Waals surface area contributed by atoms with E-state index in [1.54, 1.807) is 12.4 Å². The number of hydrogen-bond donors (Lipinski definition) is 0. The van der Waals surface area contributed by atoms with Gasteiger partial charge < -0.3 is 4.74 Å². The molecule has 0 spiro atoms. The van der Waals surface area contributed by atoms with E-state index in [2.05, 4.69) is 9.97 Å². The topological polar surface area (TPSA) is 35.0 Å². The van der Waals surface area contributed by atoms with E-state index in [0.29, 0.717) is 0 Å². The Hall–Kier alpha value is -1.16. The molecule has 0 aliphatic carbocycles. The lowest BCUT2D eigenvalue weighted by Crippen LogP contribution is -2.04. The number of pyridine rings is 1. The monoisotopic (exact) mass is 194 g/mol. The summed E-state index contributed by atoms with van der Waals surface area (Å²) in [5, 5.41) is 0.720. The fourth-order valence-corrected chi connectivity index (χ4v) is 1.92. The van der Waals surface area contributed by atoms with E-state index in [0.717, 1.165) is 15.4 Å². The molecule has 2 aromatic heterocycles. The van der Waals surface area contributed by atoms with Crippen molar-refractivity contribution in [3.8, 4) is 5.19 Å². The van der Waals surface area contributed by atoms with Gasteiger partial charge in [-0.1, -0.05) is 11.3 Å². The van der Waals surface area contributed by atoms with Crippen molar-refractivity contribution in [3.63, 3.8) is 0 Å². The summed E-state index contributed by atoms with van der Waals surface area (Å²) < 4.78 is 6.55. The lowest BCUT2D eigenvalue weighted by molar-refractivity contribution is 0.242. The van der Waals surface area contributed by atoms with Crippen LogP contribution in [-0.2, 0) is 0 Å². The van der Waals surface area contributed by atoms with E-state index < -0.39 is 0 Å². The van der Waals surface area contributed by atoms with E-state index in [9.17, 15) is 0 Å². The summed E-state index contributed by atoms with van der Waals surface area (Å²) in [5.41, 5.74) is 0.954. The second kappa shape index (κ2) is 3.30. The second-order valence-electron chi connectivity index (χ2n) is 2.99. The smallest absolute Gasteiger partial charge is 0.274 e. The number of nitrogens with zero attached hydrogens (tertiary/aromatic N) is 2. The molecule has 0 radical (unpaired) electrons. The first kappa shape index (κ1) is 8.44. The summed E-state index contributed by atoms with van der Waals surface area (Å²) in [6.45, 7) is 3.98. The molecule has 0 aromatic carbocycles. The quantitative estimate of drug-likeness (QED) is 0.736. The van der Waals surface area contributed by atoms with Gasteiger partial charge in [0.15, 0.2) is 0 Å². The van der Waals surface area contributed by atoms with Crippen molar-refractivity contribution in [1.82, 2.24) is 9.97 Å². The fraction of sp³-hybridized carbons (Fsp3) is 0.333. The van der Waals surface area contributed by atoms with Crippen molar-refractivity contribution in [1.29, 1.82) is 0 Å². The first-order chi connectivity index (χ1) is 6.25. The van der Waals surface area contributed by atoms with Gasteiger partial charge >= 0.3 is 0 Å². The van der Waals surface area contributed by atoms with Crippen molar-refractivity contribution in [2.24, 2.45) is 0 Å². The second-order valence-corrected chi connectivity index (χ2v) is 3.98. The highest BCUT2D eigenvalue weighted by Gasteiger charge is 2.05. The lowest BCUT2D eigenvalue weighted by atomic mass is 10.4. The van der Waals surface area contributed by atoms with Crippen LogP contribution in [0.5, 0.6) is 5.19 Å². The molecule has 4 heteroatoms. The summed E-state index contributed by atoms with van der Waals surface area (Å²) in [4.78, 5) is 8.33. The third-order valence-electron chi connectivity index (χ3n) is 1.51. The van der Waals surface area contributed by atoms with Crippen LogP contribution in [0.2, 0.25) is 0 Å². The number of aromatic nitrogens is 2. The lowest BCUT2D eigenvalue weighted by Gasteiger charge is -2.03. The zero-order valence-electron chi connectivity index (χ0n) is 7.52. The molecule has 0 aliphatic heterocycles. The number of thiazole rings is 1. The number of fused-ring (bicyclic) bond motifs is 1. The molecule has 0 bridgehead atoms. The minimum absolute atomic E-state index is 0.175. The first-order valence-corrected chi connectivity index (χ1v) is 4.94. The summed E-state index contributed by atoms with van der Waals surface area (Å²) in [6, 6.07) is 1.89. The maximum absolute atomic E-state index is 5.48. The Balaban J connectivity index is 2.38. The summed E-state index contributed by atoms with van der Waals surface area (Å²) in [5.74, 6) is 0. The first-order valence-electron chi connectivity index (χ1n) is 4.13. The van der Waals surface area contributed by atoms with Crippen LogP contribution in [0.15, 0.2) is 18.5 Å². The van der Waals surface area contributed by atoms with Crippen molar-refractivity contribution in [2.45, 2.75) is 20.0 Å². The van der Waals surface area contributed by atoms with E-state index >= 15 is 0 Å². The fourth-order valence-electron chi connectivity index (χ4n) is 1.01. The highest BCUT2D eigenvalue weighted by molar-refractivity contribution is 7.20. The molecule has 2 aromatic rings. The van der Waals surface area contributed by atoms with Gasteiger partial charge in [0, 0.05) is 12.4 Å². The van der Waals surface area contributed by atoms with Crippen molar-refractivity contribution >= 4 is 21.6 Å². The van der Waals surface area contributed by atoms with Gasteiger partial charge in [-0.3, -0.25) is 4.98 Å². The van der Waals surface area contributed by atoms with Crippen LogP contribution in [0, 0.1) is 0 Å². The van der Waals surface area contributed by atoms with Crippen molar-refractivity contribution < 1.29 is 4.74 Å². The van der Waals surface area contributed by atoms with Gasteiger partial charge in [0.25, 0.3) is 5.19 Å². The molecular weight excluding hydrogens is 184 g/mol. The van der Waals surface area contributed by atoms with Gasteiger partial charge in [-0.15, -0.1) is 0 Å². The number of hydrogen-bond acceptors (Lipinski definition) is 4. The van der Waals surface area contributed by atoms with Gasteiger partial charge in [0.2, 0.25) is 0 Å². The highest BCUT2D eigenvalue weighted by atomic mass is 32.1. The number of rotatable bonds is 2. The minimum atomic E-state index is 0.175. The third kappa shape index (κ3) is 1.78. The van der Waals surface area contributed by atoms with Crippen LogP contribution in [0.3, 0.4) is 0 Å². The van der Waals surface area contributed by atoms with E-state index in [1.165, 1.54) is 11.3 Å². The molecule has 0 fully saturated rings. The van der Waals surface area contributed by atoms with Crippen LogP contribution >= 0.6 is 11.3 Å². The Morgan fingerprint density at radius 2 is 2.31 bits per heavy atom. The molecule has 0 saturated carbocycles. The maximum Gasteiger partial charge on any atom is 0.274 e. The SMILES string of the molecule is CC(C)Oc1nc2ccncc2s1. The summed E-state index contributed by atoms with van der Waals surface area (Å²) in [6.07, 6.45) is 3.72. The van der Waals surface area contributed by atoms with Gasteiger partial charge in [-0.05, 0) is 19.9 Å². The Morgan fingerprint density at radius 3 is 3.00 bits per heavy atom. The van der Waals surface area contributed by atoms with Gasteiger partial charge in [0.05, 0.1) is 16.3 Å². The maximum atomic E-state index is 5.48. The average Bonchev–Trinajstić information content (AvgIpc) is 2.44. The molecule has 68 valence electrons. The Kier molecular flexibility index (Phi) is 2.14. The molecule has 0 aliphatic rings. The van der Waals surface area contributed by atoms with Gasteiger partial charge in [-0.25, -0.2) is 4.98 Å². The Bertz CT molecular complexity index is 378. The van der Waals surface area contributed by atoms with Crippen LogP contribution in [0.4, 0.5) is 0 Å². The summed E-state index contributed by atoms with van der Waals surface area (Å²) >= 11 is 1.53. The molecule has 13 heavy (non-hydrogen) atoms. The molecule has 3 nitrogen and oxygen atoms in total. The number of ether oxygens (including phenoxy) is 1. The van der Waals surface area contributed by atoms with Crippen LogP contribution in [0.25, 0.3) is 10.2 Å². The third-order valence-corrected chi connectivity index (χ3v) is 2.40. The summed E-state index contributed by atoms with van der Waals surface area (Å²) in [7, 11) is 0. The van der Waals surface area contributed by atoms with Crippen LogP contribution in [-0.4, -0.2) is 16.1 Å². The van der Waals surface area contributed by atoms with Gasteiger partial charge in [-0.2, -0.15) is 0 Å². The zero-order chi connectivity index (χ0) is 9.26. The highest BCUT2D eigenvalue weighted by Crippen LogP contribution is 2.27. The predicted molar refractivity (Wildman–Crippen MR) is 53.2 cm³/mol. The normalized spacial score (nSPS) is 11.0. The predicted octanol–water partition coefficient (Wildman–Crippen LogP) is 2.48. The zero-order valence-corrected chi connectivity index (χ0v) is 8.34. The standard InChI is InChI=1S/C9H10N2OS/c1-6(2)12-9-11-7-3-4-10-5-8(7)13-9/h3-6H,1-2H3. The van der Waals surface area contributed by atoms with Crippen LogP contribution < -0.4 is 4.74 Å².